The summed E-state index contributed by atoms with van der Waals surface area (Å²) in [5.41, 5.74) is 1.45. The van der Waals surface area contributed by atoms with Gasteiger partial charge in [0.2, 0.25) is 11.8 Å². The molecule has 3 saturated heterocycles. The highest BCUT2D eigenvalue weighted by Crippen LogP contribution is 2.62. The van der Waals surface area contributed by atoms with Gasteiger partial charge in [-0.3, -0.25) is 34.0 Å². The Kier molecular flexibility index (Phi) is 4.47. The molecule has 3 fully saturated rings. The number of aromatic nitrogens is 2. The number of amides is 2. The Bertz CT molecular complexity index is 1900. The summed E-state index contributed by atoms with van der Waals surface area (Å²) < 4.78 is 1.63. The van der Waals surface area contributed by atoms with Gasteiger partial charge in [0.05, 0.1) is 39.0 Å². The highest BCUT2D eigenvalue weighted by atomic mass is 16.6. The Labute approximate surface area is 227 Å². The van der Waals surface area contributed by atoms with E-state index in [1.165, 1.54) is 23.1 Å². The number of nitro benzene ring substituents is 1. The molecule has 0 bridgehead atoms. The smallest absolute Gasteiger partial charge is 0.269 e. The quantitative estimate of drug-likeness (QED) is 0.220. The van der Waals surface area contributed by atoms with E-state index in [9.17, 15) is 24.5 Å². The lowest BCUT2D eigenvalue weighted by molar-refractivity contribution is -0.384. The van der Waals surface area contributed by atoms with Crippen LogP contribution in [-0.2, 0) is 15.1 Å². The van der Waals surface area contributed by atoms with Gasteiger partial charge in [0.15, 0.2) is 0 Å². The van der Waals surface area contributed by atoms with E-state index in [-0.39, 0.29) is 29.1 Å². The number of non-ortho nitro benzene ring substituents is 1. The van der Waals surface area contributed by atoms with Crippen molar-refractivity contribution in [2.75, 3.05) is 11.4 Å². The third-order valence-corrected chi connectivity index (χ3v) is 9.27. The van der Waals surface area contributed by atoms with Crippen LogP contribution in [0.2, 0.25) is 0 Å². The number of imide groups is 1. The van der Waals surface area contributed by atoms with Crippen LogP contribution in [-0.4, -0.2) is 43.8 Å². The second-order valence-corrected chi connectivity index (χ2v) is 11.0. The summed E-state index contributed by atoms with van der Waals surface area (Å²) in [6.45, 7) is 2.34. The van der Waals surface area contributed by atoms with Gasteiger partial charge < -0.3 is 0 Å². The van der Waals surface area contributed by atoms with E-state index in [0.29, 0.717) is 40.2 Å². The van der Waals surface area contributed by atoms with E-state index in [2.05, 4.69) is 4.90 Å². The fraction of sp³-hybridized carbons (Fsp3) is 0.267. The van der Waals surface area contributed by atoms with Gasteiger partial charge in [0.25, 0.3) is 11.2 Å². The van der Waals surface area contributed by atoms with Crippen molar-refractivity contribution >= 4 is 34.1 Å². The number of aryl methyl sites for hydroxylation is 1. The first-order valence-corrected chi connectivity index (χ1v) is 13.4. The lowest BCUT2D eigenvalue weighted by atomic mass is 9.75. The fourth-order valence-electron chi connectivity index (χ4n) is 7.86. The minimum atomic E-state index is -1.10. The van der Waals surface area contributed by atoms with Crippen LogP contribution >= 0.6 is 0 Å². The molecule has 5 heterocycles. The molecule has 0 saturated carbocycles. The van der Waals surface area contributed by atoms with Crippen molar-refractivity contribution in [1.82, 2.24) is 14.5 Å². The number of carbonyl (C=O) groups excluding carboxylic acids is 2. The first kappa shape index (κ1) is 23.2. The Morgan fingerprint density at radius 3 is 2.55 bits per heavy atom. The average molecular weight is 534 g/mol. The Morgan fingerprint density at radius 2 is 1.75 bits per heavy atom. The van der Waals surface area contributed by atoms with Crippen LogP contribution in [0, 0.1) is 28.9 Å². The van der Waals surface area contributed by atoms with Crippen LogP contribution in [0.25, 0.3) is 16.6 Å². The van der Waals surface area contributed by atoms with Crippen molar-refractivity contribution < 1.29 is 14.5 Å². The lowest BCUT2D eigenvalue weighted by Crippen LogP contribution is -2.51. The Hall–Kier alpha value is -4.70. The van der Waals surface area contributed by atoms with E-state index >= 15 is 0 Å². The third kappa shape index (κ3) is 2.57. The highest BCUT2D eigenvalue weighted by molar-refractivity contribution is 6.23. The molecule has 4 aromatic rings. The molecule has 3 aromatic carbocycles. The number of carbonyl (C=O) groups is 2. The third-order valence-electron chi connectivity index (χ3n) is 9.27. The Morgan fingerprint density at radius 1 is 0.975 bits per heavy atom. The van der Waals surface area contributed by atoms with Crippen molar-refractivity contribution in [2.45, 2.75) is 31.3 Å². The largest absolute Gasteiger partial charge is 0.283 e. The minimum Gasteiger partial charge on any atom is -0.283 e. The molecule has 198 valence electrons. The molecule has 4 aliphatic rings. The predicted molar refractivity (Wildman–Crippen MR) is 145 cm³/mol. The SMILES string of the molecule is Cc1cc([N+](=O)[O-])ccc1N1C(=O)[C@H]2[C@H]3CCCN3[C@]3(c4ccccc4-n4c3nc3ccccc3c4=O)[C@H]2C1=O. The highest BCUT2D eigenvalue weighted by Gasteiger charge is 2.73. The number of fused-ring (bicyclic) bond motifs is 11. The van der Waals surface area contributed by atoms with E-state index < -0.39 is 22.3 Å². The summed E-state index contributed by atoms with van der Waals surface area (Å²) in [6, 6.07) is 18.8. The molecule has 4 aliphatic heterocycles. The molecule has 10 heteroatoms. The molecule has 4 atom stereocenters. The van der Waals surface area contributed by atoms with Gasteiger partial charge in [-0.05, 0) is 56.1 Å². The molecule has 10 nitrogen and oxygen atoms in total. The Balaban J connectivity index is 1.41. The number of anilines is 1. The van der Waals surface area contributed by atoms with Gasteiger partial charge in [-0.1, -0.05) is 30.3 Å². The molecule has 0 aliphatic carbocycles. The predicted octanol–water partition coefficient (Wildman–Crippen LogP) is 3.44. The summed E-state index contributed by atoms with van der Waals surface area (Å²) >= 11 is 0. The molecule has 8 rings (SSSR count). The molecule has 40 heavy (non-hydrogen) atoms. The number of nitrogens with zero attached hydrogens (tertiary/aromatic N) is 5. The number of rotatable bonds is 2. The van der Waals surface area contributed by atoms with Crippen LogP contribution < -0.4 is 10.5 Å². The summed E-state index contributed by atoms with van der Waals surface area (Å²) in [5, 5.41) is 11.8. The standard InChI is InChI=1S/C30H23N5O5/c1-16-15-17(35(39)40)12-13-21(16)33-27(37)24-23-11-6-14-32(23)30(25(24)28(33)38)19-8-3-5-10-22(19)34-26(36)18-7-2-4-9-20(18)31-29(30)34/h2-5,7-10,12-13,15,23-25H,6,11,14H2,1H3/t23-,24+,25-,30-/m1/s1. The van der Waals surface area contributed by atoms with Crippen LogP contribution in [0.3, 0.4) is 0 Å². The van der Waals surface area contributed by atoms with Crippen molar-refractivity contribution in [3.8, 4) is 5.69 Å². The second kappa shape index (κ2) is 7.70. The van der Waals surface area contributed by atoms with E-state index in [0.717, 1.165) is 18.4 Å². The molecule has 0 radical (unpaired) electrons. The number of nitro groups is 1. The number of para-hydroxylation sites is 2. The molecular formula is C30H23N5O5. The normalized spacial score (nSPS) is 26.4. The maximum atomic E-state index is 14.6. The monoisotopic (exact) mass is 533 g/mol. The van der Waals surface area contributed by atoms with Crippen LogP contribution in [0.15, 0.2) is 71.5 Å². The fourth-order valence-corrected chi connectivity index (χ4v) is 7.86. The maximum Gasteiger partial charge on any atom is 0.269 e. The summed E-state index contributed by atoms with van der Waals surface area (Å²) in [6.07, 6.45) is 1.60. The van der Waals surface area contributed by atoms with Crippen LogP contribution in [0.4, 0.5) is 11.4 Å². The topological polar surface area (TPSA) is 119 Å². The molecule has 0 N–H and O–H groups in total. The summed E-state index contributed by atoms with van der Waals surface area (Å²) in [4.78, 5) is 62.1. The summed E-state index contributed by atoms with van der Waals surface area (Å²) in [7, 11) is 0. The van der Waals surface area contributed by atoms with Crippen LogP contribution in [0.1, 0.15) is 29.8 Å². The zero-order valence-corrected chi connectivity index (χ0v) is 21.5. The van der Waals surface area contributed by atoms with Crippen molar-refractivity contribution in [2.24, 2.45) is 11.8 Å². The van der Waals surface area contributed by atoms with Gasteiger partial charge in [0, 0.05) is 23.7 Å². The van der Waals surface area contributed by atoms with Gasteiger partial charge in [0.1, 0.15) is 11.4 Å². The van der Waals surface area contributed by atoms with Crippen LogP contribution in [0.5, 0.6) is 0 Å². The molecule has 1 aromatic heterocycles. The van der Waals surface area contributed by atoms with Gasteiger partial charge in [-0.25, -0.2) is 9.88 Å². The van der Waals surface area contributed by atoms with E-state index in [1.54, 1.807) is 29.7 Å². The van der Waals surface area contributed by atoms with Gasteiger partial charge >= 0.3 is 0 Å². The first-order chi connectivity index (χ1) is 19.4. The van der Waals surface area contributed by atoms with Gasteiger partial charge in [-0.15, -0.1) is 0 Å². The zero-order valence-electron chi connectivity index (χ0n) is 21.5. The molecule has 0 unspecified atom stereocenters. The second-order valence-electron chi connectivity index (χ2n) is 11.0. The minimum absolute atomic E-state index is 0.104. The van der Waals surface area contributed by atoms with E-state index in [4.69, 9.17) is 4.98 Å². The lowest BCUT2D eigenvalue weighted by Gasteiger charge is -2.38. The zero-order chi connectivity index (χ0) is 27.5. The summed E-state index contributed by atoms with van der Waals surface area (Å²) in [5.74, 6) is -1.64. The van der Waals surface area contributed by atoms with Crippen molar-refractivity contribution in [3.63, 3.8) is 0 Å². The molecule has 1 spiro atoms. The van der Waals surface area contributed by atoms with Gasteiger partial charge in [-0.2, -0.15) is 0 Å². The van der Waals surface area contributed by atoms with E-state index in [1.807, 2.05) is 30.3 Å². The molecular weight excluding hydrogens is 510 g/mol. The average Bonchev–Trinajstić information content (AvgIpc) is 3.66. The number of hydrogen-bond acceptors (Lipinski definition) is 7. The first-order valence-electron chi connectivity index (χ1n) is 13.4. The van der Waals surface area contributed by atoms with Crippen molar-refractivity contribution in [3.05, 3.63) is 104 Å². The number of hydrogen-bond donors (Lipinski definition) is 0. The van der Waals surface area contributed by atoms with Crippen molar-refractivity contribution in [1.29, 1.82) is 0 Å². The molecule has 2 amide bonds. The number of benzene rings is 3. The maximum absolute atomic E-state index is 14.6.